The molecular formula is C20H28N2O4S2. The van der Waals surface area contributed by atoms with E-state index in [1.165, 1.54) is 40.4 Å². The number of carbonyl (C=O) groups is 4. The molecule has 4 unspecified atom stereocenters. The monoisotopic (exact) mass is 424 g/mol. The maximum atomic E-state index is 11.8. The molecule has 0 N–H and O–H groups in total. The van der Waals surface area contributed by atoms with Crippen LogP contribution in [0.5, 0.6) is 0 Å². The fourth-order valence-corrected chi connectivity index (χ4v) is 6.39. The van der Waals surface area contributed by atoms with E-state index in [4.69, 9.17) is 0 Å². The second-order valence-corrected chi connectivity index (χ2v) is 9.13. The summed E-state index contributed by atoms with van der Waals surface area (Å²) in [5.41, 5.74) is 0. The quantitative estimate of drug-likeness (QED) is 0.476. The number of rotatable bonds is 1. The summed E-state index contributed by atoms with van der Waals surface area (Å²) in [6.45, 7) is 9.79. The first-order valence-electron chi connectivity index (χ1n) is 9.55. The summed E-state index contributed by atoms with van der Waals surface area (Å²) in [6, 6.07) is 0. The molecule has 0 aromatic heterocycles. The standard InChI is InChI=1S/C11H15NO2.C7H7NO2S2.C2H6/c1-4-7-5-6(2)8-9(7)11(14)12(3)10(8)13;1-8-6(9)4-5(7(8)10)12-3-2-11-4;1-2/h4,6-9H,1,5H2,2-3H3;2-3H2,1H3;1-2H3. The lowest BCUT2D eigenvalue weighted by molar-refractivity contribution is -0.139. The Hall–Kier alpha value is -1.54. The molecule has 4 aliphatic rings. The van der Waals surface area contributed by atoms with Crippen LogP contribution in [0.25, 0.3) is 0 Å². The van der Waals surface area contributed by atoms with Gasteiger partial charge in [0.2, 0.25) is 11.8 Å². The van der Waals surface area contributed by atoms with Crippen LogP contribution in [0.3, 0.4) is 0 Å². The summed E-state index contributed by atoms with van der Waals surface area (Å²) in [5.74, 6) is 1.86. The first-order valence-corrected chi connectivity index (χ1v) is 11.5. The number of thioether (sulfide) groups is 2. The summed E-state index contributed by atoms with van der Waals surface area (Å²) in [4.78, 5) is 50.0. The summed E-state index contributed by atoms with van der Waals surface area (Å²) in [7, 11) is 3.11. The molecule has 0 bridgehead atoms. The molecule has 0 aromatic rings. The van der Waals surface area contributed by atoms with Crippen molar-refractivity contribution >= 4 is 47.2 Å². The zero-order chi connectivity index (χ0) is 21.2. The highest BCUT2D eigenvalue weighted by atomic mass is 32.2. The van der Waals surface area contributed by atoms with E-state index in [9.17, 15) is 19.2 Å². The van der Waals surface area contributed by atoms with Crippen LogP contribution < -0.4 is 0 Å². The van der Waals surface area contributed by atoms with Crippen molar-refractivity contribution < 1.29 is 19.2 Å². The molecule has 2 fully saturated rings. The Morgan fingerprint density at radius 2 is 1.36 bits per heavy atom. The van der Waals surface area contributed by atoms with Crippen molar-refractivity contribution in [3.63, 3.8) is 0 Å². The van der Waals surface area contributed by atoms with Crippen LogP contribution in [0.2, 0.25) is 0 Å². The van der Waals surface area contributed by atoms with Gasteiger partial charge in [-0.15, -0.1) is 30.1 Å². The lowest BCUT2D eigenvalue weighted by atomic mass is 9.90. The van der Waals surface area contributed by atoms with Crippen molar-refractivity contribution in [1.82, 2.24) is 9.80 Å². The summed E-state index contributed by atoms with van der Waals surface area (Å²) in [5, 5.41) is 0. The maximum absolute atomic E-state index is 11.8. The topological polar surface area (TPSA) is 74.8 Å². The highest BCUT2D eigenvalue weighted by Crippen LogP contribution is 2.47. The predicted octanol–water partition coefficient (Wildman–Crippen LogP) is 2.76. The molecule has 4 amide bonds. The van der Waals surface area contributed by atoms with Gasteiger partial charge in [0.25, 0.3) is 11.8 Å². The predicted molar refractivity (Wildman–Crippen MR) is 113 cm³/mol. The molecule has 0 radical (unpaired) electrons. The van der Waals surface area contributed by atoms with Gasteiger partial charge in [0.1, 0.15) is 0 Å². The van der Waals surface area contributed by atoms with E-state index >= 15 is 0 Å². The van der Waals surface area contributed by atoms with Crippen molar-refractivity contribution in [2.24, 2.45) is 23.7 Å². The molecule has 6 nitrogen and oxygen atoms in total. The molecular weight excluding hydrogens is 396 g/mol. The zero-order valence-corrected chi connectivity index (χ0v) is 18.7. The van der Waals surface area contributed by atoms with Crippen LogP contribution >= 0.6 is 23.5 Å². The molecule has 4 atom stereocenters. The van der Waals surface area contributed by atoms with Gasteiger partial charge in [-0.3, -0.25) is 29.0 Å². The maximum Gasteiger partial charge on any atom is 0.268 e. The van der Waals surface area contributed by atoms with Crippen molar-refractivity contribution in [3.8, 4) is 0 Å². The van der Waals surface area contributed by atoms with E-state index in [0.29, 0.717) is 15.7 Å². The van der Waals surface area contributed by atoms with Gasteiger partial charge in [0, 0.05) is 25.6 Å². The summed E-state index contributed by atoms with van der Waals surface area (Å²) in [6.07, 6.45) is 2.75. The van der Waals surface area contributed by atoms with Crippen LogP contribution in [0.15, 0.2) is 22.5 Å². The third-order valence-corrected chi connectivity index (χ3v) is 7.96. The Morgan fingerprint density at radius 1 is 0.893 bits per heavy atom. The molecule has 1 aliphatic carbocycles. The van der Waals surface area contributed by atoms with Crippen LogP contribution in [0.1, 0.15) is 27.2 Å². The minimum absolute atomic E-state index is 0.00292. The highest BCUT2D eigenvalue weighted by Gasteiger charge is 2.55. The number of allylic oxidation sites excluding steroid dienone is 1. The summed E-state index contributed by atoms with van der Waals surface area (Å²) >= 11 is 2.99. The third-order valence-electron chi connectivity index (χ3n) is 5.42. The number of likely N-dealkylation sites (tertiary alicyclic amines) is 1. The van der Waals surface area contributed by atoms with Gasteiger partial charge in [0.05, 0.1) is 21.6 Å². The molecule has 154 valence electrons. The Balaban J connectivity index is 0.000000186. The minimum Gasteiger partial charge on any atom is -0.285 e. The normalized spacial score (nSPS) is 31.2. The number of fused-ring (bicyclic) bond motifs is 1. The fraction of sp³-hybridized carbons (Fsp3) is 0.600. The molecule has 3 aliphatic heterocycles. The van der Waals surface area contributed by atoms with Gasteiger partial charge in [-0.1, -0.05) is 26.8 Å². The number of hydrogen-bond acceptors (Lipinski definition) is 6. The average molecular weight is 425 g/mol. The summed E-state index contributed by atoms with van der Waals surface area (Å²) < 4.78 is 0. The molecule has 4 rings (SSSR count). The molecule has 0 aromatic carbocycles. The van der Waals surface area contributed by atoms with Crippen molar-refractivity contribution in [3.05, 3.63) is 22.5 Å². The van der Waals surface area contributed by atoms with E-state index in [1.54, 1.807) is 7.05 Å². The van der Waals surface area contributed by atoms with Crippen LogP contribution in [0.4, 0.5) is 0 Å². The largest absolute Gasteiger partial charge is 0.285 e. The number of likely N-dealkylation sites (N-methyl/N-ethyl adjacent to an activating group) is 1. The minimum atomic E-state index is -0.132. The Bertz CT molecular complexity index is 706. The first kappa shape index (κ1) is 22.7. The second-order valence-electron chi connectivity index (χ2n) is 6.92. The molecule has 3 heterocycles. The molecule has 0 spiro atoms. The van der Waals surface area contributed by atoms with Gasteiger partial charge < -0.3 is 0 Å². The first-order chi connectivity index (χ1) is 13.3. The van der Waals surface area contributed by atoms with Gasteiger partial charge >= 0.3 is 0 Å². The van der Waals surface area contributed by atoms with Gasteiger partial charge in [0.15, 0.2) is 0 Å². The highest BCUT2D eigenvalue weighted by molar-refractivity contribution is 8.11. The van der Waals surface area contributed by atoms with Gasteiger partial charge in [-0.25, -0.2) is 0 Å². The fourth-order valence-electron chi connectivity index (χ4n) is 4.01. The zero-order valence-electron chi connectivity index (χ0n) is 17.1. The Morgan fingerprint density at radius 3 is 1.82 bits per heavy atom. The molecule has 8 heteroatoms. The molecule has 28 heavy (non-hydrogen) atoms. The Labute approximate surface area is 175 Å². The van der Waals surface area contributed by atoms with E-state index in [1.807, 2.05) is 26.8 Å². The van der Waals surface area contributed by atoms with Crippen molar-refractivity contribution in [1.29, 1.82) is 0 Å². The second kappa shape index (κ2) is 9.31. The lowest BCUT2D eigenvalue weighted by Gasteiger charge is -2.13. The smallest absolute Gasteiger partial charge is 0.268 e. The van der Waals surface area contributed by atoms with Crippen LogP contribution in [-0.2, 0) is 19.2 Å². The number of imide groups is 2. The van der Waals surface area contributed by atoms with Crippen LogP contribution in [0, 0.1) is 23.7 Å². The SMILES string of the molecule is C=CC1CC(C)C2C(=O)N(C)C(=O)C12.CC.CN1C(=O)C2=C(SCCS2)C1=O. The number of amides is 4. The number of nitrogens with zero attached hydrogens (tertiary/aromatic N) is 2. The Kier molecular flexibility index (Phi) is 7.56. The molecule has 1 saturated carbocycles. The molecule has 1 saturated heterocycles. The average Bonchev–Trinajstić information content (AvgIpc) is 3.26. The van der Waals surface area contributed by atoms with E-state index in [2.05, 4.69) is 6.58 Å². The van der Waals surface area contributed by atoms with Crippen LogP contribution in [-0.4, -0.2) is 59.0 Å². The number of hydrogen-bond donors (Lipinski definition) is 0. The third kappa shape index (κ3) is 3.81. The van der Waals surface area contributed by atoms with E-state index < -0.39 is 0 Å². The van der Waals surface area contributed by atoms with Crippen molar-refractivity contribution in [2.75, 3.05) is 25.6 Å². The number of carbonyl (C=O) groups excluding carboxylic acids is 4. The lowest BCUT2D eigenvalue weighted by Crippen LogP contribution is -2.29. The van der Waals surface area contributed by atoms with Gasteiger partial charge in [-0.05, 0) is 18.3 Å². The van der Waals surface area contributed by atoms with E-state index in [-0.39, 0.29) is 41.4 Å². The van der Waals surface area contributed by atoms with E-state index in [0.717, 1.165) is 17.9 Å². The van der Waals surface area contributed by atoms with Gasteiger partial charge in [-0.2, -0.15) is 0 Å². The van der Waals surface area contributed by atoms with Crippen molar-refractivity contribution in [2.45, 2.75) is 27.2 Å².